The molecular weight excluding hydrogens is 623 g/mol. The van der Waals surface area contributed by atoms with Gasteiger partial charge < -0.3 is 39.6 Å². The van der Waals surface area contributed by atoms with Gasteiger partial charge in [-0.25, -0.2) is 14.9 Å². The van der Waals surface area contributed by atoms with Crippen LogP contribution in [0.25, 0.3) is 11.2 Å². The molecule has 0 aromatic carbocycles. The average molecular weight is 661 g/mol. The second-order valence-electron chi connectivity index (χ2n) is 10.8. The molecule has 4 rings (SSSR count). The lowest BCUT2D eigenvalue weighted by Gasteiger charge is -2.27. The van der Waals surface area contributed by atoms with Crippen LogP contribution in [0.2, 0.25) is 0 Å². The number of aromatic nitrogens is 4. The first-order valence-electron chi connectivity index (χ1n) is 13.5. The van der Waals surface area contributed by atoms with Crippen LogP contribution >= 0.6 is 18.1 Å². The highest BCUT2D eigenvalue weighted by Crippen LogP contribution is 2.57. The van der Waals surface area contributed by atoms with Gasteiger partial charge in [-0.15, -0.1) is 0 Å². The van der Waals surface area contributed by atoms with Crippen molar-refractivity contribution in [3.8, 4) is 5.88 Å². The smallest absolute Gasteiger partial charge is 0.327 e. The van der Waals surface area contributed by atoms with Gasteiger partial charge in [-0.3, -0.25) is 23.6 Å². The summed E-state index contributed by atoms with van der Waals surface area (Å²) in [5, 5.41) is 25.0. The summed E-state index contributed by atoms with van der Waals surface area (Å²) in [7, 11) is 4.16. The SMILES string of the molecule is COc1nc(N)nc2c1ncn2[C@@H]1O[C@H](CO[P@@](=O)(N[C@H](C)C(=O)OC(C)C)SCC2C(=O)N(C)C(=O)N2C)[C@@H](O)[C@@]1(C)O. The number of imide groups is 1. The molecule has 0 spiro atoms. The molecule has 5 N–H and O–H groups in total. The van der Waals surface area contributed by atoms with E-state index in [1.165, 1.54) is 50.8 Å². The van der Waals surface area contributed by atoms with Gasteiger partial charge in [-0.2, -0.15) is 9.97 Å². The molecule has 2 aromatic heterocycles. The Morgan fingerprint density at radius 1 is 1.30 bits per heavy atom. The Hall–Kier alpha value is -3.06. The number of nitrogen functional groups attached to an aromatic ring is 1. The van der Waals surface area contributed by atoms with E-state index in [0.29, 0.717) is 11.4 Å². The van der Waals surface area contributed by atoms with Crippen molar-refractivity contribution >= 4 is 53.1 Å². The molecular formula is C24H37N8O10PS. The van der Waals surface area contributed by atoms with E-state index in [9.17, 15) is 29.2 Å². The number of fused-ring (bicyclic) bond motifs is 1. The second kappa shape index (κ2) is 12.7. The standard InChI is InChI=1S/C24H37N8O10PS/c1-11(2)41-20(35)12(3)29-43(38,44-9-13-19(34)31(6)23(36)30(13)5)40-8-14-16(33)24(4,37)21(42-14)32-10-26-15-17(32)27-22(25)28-18(15)39-7/h10-14,16,21,33,37H,8-9H2,1-7H3,(H,29,38)(H2,25,27,28)/t12-,13?,14-,16-,21-,24-,43+/m1/s1. The fourth-order valence-electron chi connectivity index (χ4n) is 4.71. The van der Waals surface area contributed by atoms with Crippen molar-refractivity contribution in [3.05, 3.63) is 6.33 Å². The van der Waals surface area contributed by atoms with Crippen LogP contribution in [0.3, 0.4) is 0 Å². The van der Waals surface area contributed by atoms with Crippen molar-refractivity contribution in [2.45, 2.75) is 69.9 Å². The number of aliphatic hydroxyl groups is 2. The third kappa shape index (κ3) is 6.49. The molecule has 244 valence electrons. The van der Waals surface area contributed by atoms with E-state index in [4.69, 9.17) is 24.5 Å². The molecule has 7 atom stereocenters. The Morgan fingerprint density at radius 2 is 1.98 bits per heavy atom. The zero-order valence-electron chi connectivity index (χ0n) is 25.2. The van der Waals surface area contributed by atoms with Gasteiger partial charge >= 0.3 is 18.7 Å². The number of imidazole rings is 1. The lowest BCUT2D eigenvalue weighted by Crippen LogP contribution is -2.44. The first kappa shape index (κ1) is 33.8. The van der Waals surface area contributed by atoms with Crippen LogP contribution in [-0.4, -0.2) is 127 Å². The zero-order chi connectivity index (χ0) is 32.7. The number of carbonyl (C=O) groups excluding carboxylic acids is 3. The summed E-state index contributed by atoms with van der Waals surface area (Å²) in [5.74, 6) is -1.36. The number of esters is 1. The summed E-state index contributed by atoms with van der Waals surface area (Å²) in [6.07, 6.45) is -3.16. The van der Waals surface area contributed by atoms with E-state index in [1.807, 2.05) is 0 Å². The number of carbonyl (C=O) groups is 3. The van der Waals surface area contributed by atoms with E-state index in [-0.39, 0.29) is 28.7 Å². The van der Waals surface area contributed by atoms with Crippen molar-refractivity contribution < 1.29 is 47.9 Å². The number of urea groups is 1. The van der Waals surface area contributed by atoms with Gasteiger partial charge in [0, 0.05) is 19.8 Å². The minimum Gasteiger partial charge on any atom is -0.479 e. The van der Waals surface area contributed by atoms with Gasteiger partial charge in [0.05, 0.1) is 26.1 Å². The topological polar surface area (TPSA) is 234 Å². The monoisotopic (exact) mass is 660 g/mol. The summed E-state index contributed by atoms with van der Waals surface area (Å²) in [6, 6.07) is -2.56. The molecule has 20 heteroatoms. The maximum atomic E-state index is 14.1. The van der Waals surface area contributed by atoms with Gasteiger partial charge in [0.15, 0.2) is 17.4 Å². The molecule has 2 saturated heterocycles. The number of hydrogen-bond acceptors (Lipinski definition) is 15. The summed E-state index contributed by atoms with van der Waals surface area (Å²) >= 11 is 0.701. The molecule has 4 heterocycles. The fourth-order valence-corrected chi connectivity index (χ4v) is 8.68. The Balaban J connectivity index is 1.55. The Labute approximate surface area is 256 Å². The van der Waals surface area contributed by atoms with Gasteiger partial charge in [-0.05, 0) is 27.7 Å². The minimum atomic E-state index is -4.06. The van der Waals surface area contributed by atoms with E-state index in [0.717, 1.165) is 4.90 Å². The van der Waals surface area contributed by atoms with Crippen LogP contribution in [0.1, 0.15) is 33.9 Å². The van der Waals surface area contributed by atoms with Gasteiger partial charge in [-0.1, -0.05) is 11.4 Å². The lowest BCUT2D eigenvalue weighted by atomic mass is 9.96. The first-order chi connectivity index (χ1) is 20.5. The number of likely N-dealkylation sites (N-methyl/N-ethyl adjacent to an activating group) is 2. The molecule has 44 heavy (non-hydrogen) atoms. The van der Waals surface area contributed by atoms with Gasteiger partial charge in [0.25, 0.3) is 5.91 Å². The number of rotatable bonds is 12. The number of hydrogen-bond donors (Lipinski definition) is 4. The third-order valence-electron chi connectivity index (χ3n) is 7.15. The highest BCUT2D eigenvalue weighted by Gasteiger charge is 2.54. The number of nitrogens with one attached hydrogen (secondary N) is 1. The first-order valence-corrected chi connectivity index (χ1v) is 16.7. The quantitative estimate of drug-likeness (QED) is 0.134. The molecule has 2 aliphatic heterocycles. The zero-order valence-corrected chi connectivity index (χ0v) is 26.9. The molecule has 2 aromatic rings. The lowest BCUT2D eigenvalue weighted by molar-refractivity contribution is -0.149. The molecule has 1 unspecified atom stereocenters. The van der Waals surface area contributed by atoms with Crippen molar-refractivity contribution in [2.24, 2.45) is 0 Å². The number of aliphatic hydroxyl groups excluding tert-OH is 1. The molecule has 18 nitrogen and oxygen atoms in total. The predicted molar refractivity (Wildman–Crippen MR) is 156 cm³/mol. The normalized spacial score (nSPS) is 27.8. The third-order valence-corrected chi connectivity index (χ3v) is 11.2. The Morgan fingerprint density at radius 3 is 2.57 bits per heavy atom. The fraction of sp³-hybridized carbons (Fsp3) is 0.667. The van der Waals surface area contributed by atoms with E-state index >= 15 is 0 Å². The number of amides is 3. The number of anilines is 1. The van der Waals surface area contributed by atoms with Crippen LogP contribution in [0.15, 0.2) is 6.33 Å². The summed E-state index contributed by atoms with van der Waals surface area (Å²) in [6.45, 7) is 1.50. The van der Waals surface area contributed by atoms with Crippen LogP contribution in [0, 0.1) is 0 Å². The molecule has 3 amide bonds. The van der Waals surface area contributed by atoms with Crippen molar-refractivity contribution in [2.75, 3.05) is 39.3 Å². The maximum absolute atomic E-state index is 14.1. The van der Waals surface area contributed by atoms with Crippen LogP contribution in [0.5, 0.6) is 5.88 Å². The van der Waals surface area contributed by atoms with Crippen LogP contribution in [-0.2, 0) is 28.2 Å². The van der Waals surface area contributed by atoms with E-state index < -0.39 is 73.5 Å². The summed E-state index contributed by atoms with van der Waals surface area (Å²) in [5.41, 5.74) is 4.28. The number of ether oxygens (including phenoxy) is 3. The van der Waals surface area contributed by atoms with E-state index in [1.54, 1.807) is 13.8 Å². The Bertz CT molecular complexity index is 1470. The average Bonchev–Trinajstić information content (AvgIpc) is 3.52. The largest absolute Gasteiger partial charge is 0.479 e. The summed E-state index contributed by atoms with van der Waals surface area (Å²) < 4.78 is 37.6. The number of methoxy groups -OCH3 is 1. The number of nitrogens with two attached hydrogens (primary N) is 1. The van der Waals surface area contributed by atoms with Crippen molar-refractivity contribution in [1.82, 2.24) is 34.4 Å². The van der Waals surface area contributed by atoms with Crippen molar-refractivity contribution in [1.29, 1.82) is 0 Å². The minimum absolute atomic E-state index is 0.0951. The molecule has 2 aliphatic rings. The molecule has 2 fully saturated rings. The summed E-state index contributed by atoms with van der Waals surface area (Å²) in [4.78, 5) is 51.9. The van der Waals surface area contributed by atoms with Crippen molar-refractivity contribution in [3.63, 3.8) is 0 Å². The molecule has 0 aliphatic carbocycles. The van der Waals surface area contributed by atoms with Gasteiger partial charge in [0.1, 0.15) is 29.9 Å². The van der Waals surface area contributed by atoms with E-state index in [2.05, 4.69) is 20.0 Å². The second-order valence-corrected chi connectivity index (χ2v) is 15.2. The maximum Gasteiger partial charge on any atom is 0.327 e. The molecule has 0 bridgehead atoms. The number of nitrogens with zero attached hydrogens (tertiary/aromatic N) is 6. The van der Waals surface area contributed by atoms with Gasteiger partial charge in [0.2, 0.25) is 11.8 Å². The van der Waals surface area contributed by atoms with Crippen LogP contribution in [0.4, 0.5) is 10.7 Å². The molecule has 0 radical (unpaired) electrons. The highest BCUT2D eigenvalue weighted by atomic mass is 32.7. The Kier molecular flexibility index (Phi) is 9.80. The predicted octanol–water partition coefficient (Wildman–Crippen LogP) is 0.106. The molecule has 0 saturated carbocycles. The highest BCUT2D eigenvalue weighted by molar-refractivity contribution is 8.56. The van der Waals surface area contributed by atoms with Crippen LogP contribution < -0.4 is 15.6 Å².